The molecule has 0 aliphatic heterocycles. The second-order valence-corrected chi connectivity index (χ2v) is 6.63. The van der Waals surface area contributed by atoms with Crippen LogP contribution in [0.4, 0.5) is 0 Å². The van der Waals surface area contributed by atoms with Crippen molar-refractivity contribution < 1.29 is 19.1 Å². The summed E-state index contributed by atoms with van der Waals surface area (Å²) < 4.78 is 10.1. The van der Waals surface area contributed by atoms with Crippen LogP contribution in [0.5, 0.6) is 0 Å². The zero-order chi connectivity index (χ0) is 16.1. The molecule has 2 atom stereocenters. The van der Waals surface area contributed by atoms with E-state index in [2.05, 4.69) is 0 Å². The number of rotatable bonds is 12. The van der Waals surface area contributed by atoms with Crippen LogP contribution in [0.15, 0.2) is 0 Å². The van der Waals surface area contributed by atoms with Gasteiger partial charge in [0.1, 0.15) is 0 Å². The van der Waals surface area contributed by atoms with Gasteiger partial charge in [0.05, 0.1) is 13.2 Å². The monoisotopic (exact) mass is 340 g/mol. The Morgan fingerprint density at radius 3 is 1.52 bits per heavy atom. The predicted octanol–water partition coefficient (Wildman–Crippen LogP) is 4.06. The Labute approximate surface area is 137 Å². The summed E-state index contributed by atoms with van der Waals surface area (Å²) in [6.07, 6.45) is 4.41. The lowest BCUT2D eigenvalue weighted by Gasteiger charge is -2.07. The van der Waals surface area contributed by atoms with E-state index in [4.69, 9.17) is 32.7 Å². The molecule has 0 aromatic rings. The van der Waals surface area contributed by atoms with Crippen LogP contribution in [-0.2, 0) is 19.1 Å². The lowest BCUT2D eigenvalue weighted by Crippen LogP contribution is -2.09. The molecule has 0 amide bonds. The van der Waals surface area contributed by atoms with Crippen molar-refractivity contribution in [3.63, 3.8) is 0 Å². The van der Waals surface area contributed by atoms with Gasteiger partial charge in [-0.3, -0.25) is 9.59 Å². The van der Waals surface area contributed by atoms with Crippen molar-refractivity contribution in [3.05, 3.63) is 0 Å². The molecular weight excluding hydrogens is 315 g/mol. The van der Waals surface area contributed by atoms with Gasteiger partial charge in [0.2, 0.25) is 0 Å². The van der Waals surface area contributed by atoms with Gasteiger partial charge in [-0.05, 0) is 46.0 Å². The molecule has 0 saturated carbocycles. The fourth-order valence-electron chi connectivity index (χ4n) is 1.53. The van der Waals surface area contributed by atoms with Crippen LogP contribution < -0.4 is 0 Å². The van der Waals surface area contributed by atoms with E-state index >= 15 is 0 Å². The van der Waals surface area contributed by atoms with E-state index in [-0.39, 0.29) is 22.7 Å². The molecule has 21 heavy (non-hydrogen) atoms. The Balaban J connectivity index is 3.32. The summed E-state index contributed by atoms with van der Waals surface area (Å²) >= 11 is 11.5. The number of carbonyl (C=O) groups excluding carboxylic acids is 2. The first kappa shape index (κ1) is 20.5. The minimum atomic E-state index is -0.205. The molecule has 4 nitrogen and oxygen atoms in total. The number of hydrogen-bond acceptors (Lipinski definition) is 4. The van der Waals surface area contributed by atoms with Gasteiger partial charge >= 0.3 is 11.9 Å². The summed E-state index contributed by atoms with van der Waals surface area (Å²) in [6.45, 7) is 4.52. The number of halogens is 2. The van der Waals surface area contributed by atoms with Gasteiger partial charge in [-0.25, -0.2) is 0 Å². The highest BCUT2D eigenvalue weighted by Crippen LogP contribution is 2.07. The topological polar surface area (TPSA) is 52.6 Å². The number of esters is 2. The molecule has 0 aliphatic carbocycles. The van der Waals surface area contributed by atoms with Gasteiger partial charge in [-0.2, -0.15) is 0 Å². The molecule has 0 aromatic carbocycles. The molecule has 0 saturated heterocycles. The van der Waals surface area contributed by atoms with Crippen molar-refractivity contribution in [2.45, 2.75) is 69.5 Å². The number of ether oxygens (including phenoxy) is 2. The molecule has 0 spiro atoms. The van der Waals surface area contributed by atoms with Crippen LogP contribution in [0.1, 0.15) is 58.8 Å². The second-order valence-electron chi connectivity index (χ2n) is 5.14. The molecule has 0 N–H and O–H groups in total. The summed E-state index contributed by atoms with van der Waals surface area (Å²) in [6, 6.07) is 0. The molecular formula is C15H26Cl2O4. The first-order chi connectivity index (χ1) is 9.91. The van der Waals surface area contributed by atoms with Gasteiger partial charge in [-0.15, -0.1) is 23.2 Å². The summed E-state index contributed by atoms with van der Waals surface area (Å²) in [4.78, 5) is 22.6. The quantitative estimate of drug-likeness (QED) is 0.305. The number of carbonyl (C=O) groups is 2. The van der Waals surface area contributed by atoms with E-state index in [0.29, 0.717) is 38.9 Å². The van der Waals surface area contributed by atoms with Crippen molar-refractivity contribution in [2.75, 3.05) is 13.2 Å². The maximum absolute atomic E-state index is 11.3. The van der Waals surface area contributed by atoms with Crippen LogP contribution in [-0.4, -0.2) is 35.9 Å². The van der Waals surface area contributed by atoms with Crippen LogP contribution in [0.25, 0.3) is 0 Å². The SMILES string of the molecule is CC(Cl)CCC(=O)OCCCCCOC(=O)CCC(C)Cl. The molecule has 2 unspecified atom stereocenters. The largest absolute Gasteiger partial charge is 0.466 e. The van der Waals surface area contributed by atoms with Gasteiger partial charge < -0.3 is 9.47 Å². The van der Waals surface area contributed by atoms with Crippen molar-refractivity contribution in [3.8, 4) is 0 Å². The van der Waals surface area contributed by atoms with Crippen LogP contribution in [0, 0.1) is 0 Å². The predicted molar refractivity (Wildman–Crippen MR) is 84.9 cm³/mol. The maximum atomic E-state index is 11.3. The molecule has 0 aromatic heterocycles. The lowest BCUT2D eigenvalue weighted by molar-refractivity contribution is -0.144. The zero-order valence-corrected chi connectivity index (χ0v) is 14.4. The molecule has 0 radical (unpaired) electrons. The normalized spacial score (nSPS) is 13.5. The minimum Gasteiger partial charge on any atom is -0.466 e. The highest BCUT2D eigenvalue weighted by atomic mass is 35.5. The Kier molecular flexibility index (Phi) is 12.9. The fraction of sp³-hybridized carbons (Fsp3) is 0.867. The van der Waals surface area contributed by atoms with Crippen molar-refractivity contribution >= 4 is 35.1 Å². The molecule has 0 rings (SSSR count). The highest BCUT2D eigenvalue weighted by Gasteiger charge is 2.06. The molecule has 124 valence electrons. The molecule has 6 heteroatoms. The minimum absolute atomic E-state index is 0.00553. The Hall–Kier alpha value is -0.480. The summed E-state index contributed by atoms with van der Waals surface area (Å²) in [5, 5.41) is -0.0111. The van der Waals surface area contributed by atoms with Gasteiger partial charge in [-0.1, -0.05) is 0 Å². The third-order valence-corrected chi connectivity index (χ3v) is 3.24. The van der Waals surface area contributed by atoms with Gasteiger partial charge in [0.25, 0.3) is 0 Å². The number of alkyl halides is 2. The average molecular weight is 341 g/mol. The van der Waals surface area contributed by atoms with Crippen molar-refractivity contribution in [1.82, 2.24) is 0 Å². The van der Waals surface area contributed by atoms with Gasteiger partial charge in [0, 0.05) is 23.6 Å². The zero-order valence-electron chi connectivity index (χ0n) is 12.9. The van der Waals surface area contributed by atoms with E-state index in [1.165, 1.54) is 0 Å². The summed E-state index contributed by atoms with van der Waals surface area (Å²) in [7, 11) is 0. The van der Waals surface area contributed by atoms with E-state index in [1.54, 1.807) is 0 Å². The highest BCUT2D eigenvalue weighted by molar-refractivity contribution is 6.20. The summed E-state index contributed by atoms with van der Waals surface area (Å²) in [5.41, 5.74) is 0. The van der Waals surface area contributed by atoms with Crippen molar-refractivity contribution in [1.29, 1.82) is 0 Å². The number of hydrogen-bond donors (Lipinski definition) is 0. The summed E-state index contributed by atoms with van der Waals surface area (Å²) in [5.74, 6) is -0.409. The lowest BCUT2D eigenvalue weighted by atomic mass is 10.2. The maximum Gasteiger partial charge on any atom is 0.305 e. The average Bonchev–Trinajstić information content (AvgIpc) is 2.41. The molecule has 0 heterocycles. The van der Waals surface area contributed by atoms with Crippen LogP contribution in [0.3, 0.4) is 0 Å². The van der Waals surface area contributed by atoms with E-state index in [1.807, 2.05) is 13.8 Å². The Morgan fingerprint density at radius 1 is 0.810 bits per heavy atom. The van der Waals surface area contributed by atoms with E-state index in [0.717, 1.165) is 19.3 Å². The third kappa shape index (κ3) is 15.7. The first-order valence-electron chi connectivity index (χ1n) is 7.51. The Morgan fingerprint density at radius 2 is 1.19 bits per heavy atom. The fourth-order valence-corrected chi connectivity index (χ4v) is 1.75. The van der Waals surface area contributed by atoms with Crippen LogP contribution >= 0.6 is 23.2 Å². The molecule has 0 bridgehead atoms. The first-order valence-corrected chi connectivity index (χ1v) is 8.38. The number of unbranched alkanes of at least 4 members (excludes halogenated alkanes) is 2. The third-order valence-electron chi connectivity index (χ3n) is 2.81. The van der Waals surface area contributed by atoms with E-state index < -0.39 is 0 Å². The smallest absolute Gasteiger partial charge is 0.305 e. The standard InChI is InChI=1S/C15H26Cl2O4/c1-12(16)6-8-14(18)20-10-4-3-5-11-21-15(19)9-7-13(2)17/h12-13H,3-11H2,1-2H3. The Bertz CT molecular complexity index is 265. The molecule has 0 fully saturated rings. The second kappa shape index (κ2) is 13.2. The van der Waals surface area contributed by atoms with E-state index in [9.17, 15) is 9.59 Å². The van der Waals surface area contributed by atoms with Gasteiger partial charge in [0.15, 0.2) is 0 Å². The molecule has 0 aliphatic rings. The van der Waals surface area contributed by atoms with Crippen molar-refractivity contribution in [2.24, 2.45) is 0 Å². The van der Waals surface area contributed by atoms with Crippen LogP contribution in [0.2, 0.25) is 0 Å².